The van der Waals surface area contributed by atoms with Gasteiger partial charge < -0.3 is 19.2 Å². The van der Waals surface area contributed by atoms with Gasteiger partial charge in [-0.2, -0.15) is 0 Å². The molecule has 0 aromatic carbocycles. The van der Waals surface area contributed by atoms with Crippen molar-refractivity contribution in [3.8, 4) is 0 Å². The summed E-state index contributed by atoms with van der Waals surface area (Å²) >= 11 is 0. The Morgan fingerprint density at radius 2 is 2.40 bits per heavy atom. The number of amides is 1. The molecule has 1 aliphatic heterocycles. The molecule has 0 aliphatic carbocycles. The van der Waals surface area contributed by atoms with Gasteiger partial charge in [-0.05, 0) is 13.0 Å². The minimum absolute atomic E-state index is 0.00532. The molecule has 1 N–H and O–H groups in total. The number of rotatable bonds is 2. The van der Waals surface area contributed by atoms with E-state index < -0.39 is 0 Å². The van der Waals surface area contributed by atoms with E-state index in [4.69, 9.17) is 4.42 Å². The number of nitrogens with one attached hydrogen (secondary N) is 1. The van der Waals surface area contributed by atoms with Crippen LogP contribution in [0.15, 0.2) is 29.1 Å². The van der Waals surface area contributed by atoms with Crippen LogP contribution in [0.3, 0.4) is 0 Å². The summed E-state index contributed by atoms with van der Waals surface area (Å²) in [5, 5.41) is 3.32. The number of aromatic nitrogens is 2. The van der Waals surface area contributed by atoms with Crippen molar-refractivity contribution in [2.45, 2.75) is 13.0 Å². The van der Waals surface area contributed by atoms with E-state index in [9.17, 15) is 4.79 Å². The number of imidazole rings is 1. The normalized spacial score (nSPS) is 19.3. The number of carbonyl (C=O) groups excluding carboxylic acids is 1. The third kappa shape index (κ3) is 2.12. The standard InChI is InChI=1S/C14H18N4O2/c1-10-11(3-8-20-10)14(19)18-7-4-15-9-12(18)13-16-5-6-17(13)2/h3,5-6,8,12,15H,4,7,9H2,1-2H3. The predicted octanol–water partition coefficient (Wildman–Crippen LogP) is 1.11. The molecule has 1 fully saturated rings. The molecule has 6 heteroatoms. The van der Waals surface area contributed by atoms with Crippen LogP contribution in [0.25, 0.3) is 0 Å². The van der Waals surface area contributed by atoms with Gasteiger partial charge in [0.05, 0.1) is 11.8 Å². The van der Waals surface area contributed by atoms with E-state index in [0.29, 0.717) is 24.4 Å². The number of furan rings is 1. The van der Waals surface area contributed by atoms with E-state index in [-0.39, 0.29) is 11.9 Å². The average molecular weight is 274 g/mol. The molecule has 20 heavy (non-hydrogen) atoms. The van der Waals surface area contributed by atoms with Gasteiger partial charge in [0.15, 0.2) is 0 Å². The smallest absolute Gasteiger partial charge is 0.258 e. The van der Waals surface area contributed by atoms with E-state index in [1.807, 2.05) is 29.6 Å². The monoisotopic (exact) mass is 274 g/mol. The minimum Gasteiger partial charge on any atom is -0.469 e. The van der Waals surface area contributed by atoms with Crippen LogP contribution in [0.2, 0.25) is 0 Å². The Morgan fingerprint density at radius 3 is 3.05 bits per heavy atom. The molecule has 1 aliphatic rings. The first-order chi connectivity index (χ1) is 9.68. The molecule has 2 aromatic heterocycles. The van der Waals surface area contributed by atoms with Crippen molar-refractivity contribution in [2.24, 2.45) is 7.05 Å². The zero-order valence-corrected chi connectivity index (χ0v) is 11.7. The quantitative estimate of drug-likeness (QED) is 0.891. The fourth-order valence-electron chi connectivity index (χ4n) is 2.64. The van der Waals surface area contributed by atoms with Crippen LogP contribution in [-0.4, -0.2) is 40.0 Å². The number of piperazine rings is 1. The van der Waals surface area contributed by atoms with Crippen LogP contribution in [0.4, 0.5) is 0 Å². The molecule has 0 radical (unpaired) electrons. The molecule has 3 rings (SSSR count). The lowest BCUT2D eigenvalue weighted by Gasteiger charge is -2.35. The average Bonchev–Trinajstić information content (AvgIpc) is 3.06. The van der Waals surface area contributed by atoms with Crippen molar-refractivity contribution in [2.75, 3.05) is 19.6 Å². The highest BCUT2D eigenvalue weighted by Crippen LogP contribution is 2.24. The van der Waals surface area contributed by atoms with Crippen molar-refractivity contribution in [1.82, 2.24) is 19.8 Å². The van der Waals surface area contributed by atoms with Crippen molar-refractivity contribution < 1.29 is 9.21 Å². The lowest BCUT2D eigenvalue weighted by Crippen LogP contribution is -2.49. The van der Waals surface area contributed by atoms with E-state index in [1.165, 1.54) is 0 Å². The van der Waals surface area contributed by atoms with Gasteiger partial charge in [0.25, 0.3) is 5.91 Å². The topological polar surface area (TPSA) is 63.3 Å². The van der Waals surface area contributed by atoms with Gasteiger partial charge in [0, 0.05) is 39.1 Å². The second-order valence-electron chi connectivity index (χ2n) is 5.01. The largest absolute Gasteiger partial charge is 0.469 e. The molecule has 6 nitrogen and oxygen atoms in total. The van der Waals surface area contributed by atoms with Gasteiger partial charge in [-0.3, -0.25) is 4.79 Å². The number of carbonyl (C=O) groups is 1. The van der Waals surface area contributed by atoms with E-state index in [0.717, 1.165) is 12.4 Å². The fraction of sp³-hybridized carbons (Fsp3) is 0.429. The van der Waals surface area contributed by atoms with Gasteiger partial charge in [0.1, 0.15) is 17.6 Å². The van der Waals surface area contributed by atoms with Crippen molar-refractivity contribution in [3.63, 3.8) is 0 Å². The second kappa shape index (κ2) is 5.13. The summed E-state index contributed by atoms with van der Waals surface area (Å²) in [4.78, 5) is 19.0. The summed E-state index contributed by atoms with van der Waals surface area (Å²) in [7, 11) is 1.95. The molecule has 0 bridgehead atoms. The number of aryl methyl sites for hydroxylation is 2. The molecule has 1 saturated heterocycles. The molecule has 3 heterocycles. The lowest BCUT2D eigenvalue weighted by molar-refractivity contribution is 0.0619. The van der Waals surface area contributed by atoms with E-state index >= 15 is 0 Å². The molecule has 0 spiro atoms. The van der Waals surface area contributed by atoms with Crippen LogP contribution in [-0.2, 0) is 7.05 Å². The van der Waals surface area contributed by atoms with Crippen molar-refractivity contribution in [3.05, 3.63) is 41.9 Å². The molecular formula is C14H18N4O2. The number of hydrogen-bond donors (Lipinski definition) is 1. The highest BCUT2D eigenvalue weighted by atomic mass is 16.3. The van der Waals surface area contributed by atoms with Crippen molar-refractivity contribution >= 4 is 5.91 Å². The summed E-state index contributed by atoms with van der Waals surface area (Å²) in [6, 6.07) is 1.68. The summed E-state index contributed by atoms with van der Waals surface area (Å²) in [6.07, 6.45) is 5.21. The summed E-state index contributed by atoms with van der Waals surface area (Å²) in [6.45, 7) is 3.99. The maximum Gasteiger partial charge on any atom is 0.258 e. The third-order valence-electron chi connectivity index (χ3n) is 3.75. The first kappa shape index (κ1) is 12.9. The maximum absolute atomic E-state index is 12.7. The highest BCUT2D eigenvalue weighted by Gasteiger charge is 2.32. The first-order valence-corrected chi connectivity index (χ1v) is 6.71. The van der Waals surface area contributed by atoms with Crippen LogP contribution in [0, 0.1) is 6.92 Å². The fourth-order valence-corrected chi connectivity index (χ4v) is 2.64. The van der Waals surface area contributed by atoms with Crippen molar-refractivity contribution in [1.29, 1.82) is 0 Å². The Balaban J connectivity index is 1.92. The van der Waals surface area contributed by atoms with Gasteiger partial charge in [0.2, 0.25) is 0 Å². The Morgan fingerprint density at radius 1 is 1.55 bits per heavy atom. The molecule has 1 amide bonds. The third-order valence-corrected chi connectivity index (χ3v) is 3.75. The lowest BCUT2D eigenvalue weighted by atomic mass is 10.1. The molecule has 1 unspecified atom stereocenters. The Bertz CT molecular complexity index is 616. The SMILES string of the molecule is Cc1occc1C(=O)N1CCNCC1c1nccn1C. The number of nitrogens with zero attached hydrogens (tertiary/aromatic N) is 3. The summed E-state index contributed by atoms with van der Waals surface area (Å²) in [5.41, 5.74) is 0.631. The van der Waals surface area contributed by atoms with E-state index in [1.54, 1.807) is 18.5 Å². The van der Waals surface area contributed by atoms with Crippen LogP contribution >= 0.6 is 0 Å². The molecule has 1 atom stereocenters. The zero-order valence-electron chi connectivity index (χ0n) is 11.7. The van der Waals surface area contributed by atoms with Crippen LogP contribution < -0.4 is 5.32 Å². The van der Waals surface area contributed by atoms with Gasteiger partial charge in [-0.15, -0.1) is 0 Å². The number of hydrogen-bond acceptors (Lipinski definition) is 4. The minimum atomic E-state index is -0.0504. The molecule has 106 valence electrons. The Labute approximate surface area is 117 Å². The summed E-state index contributed by atoms with van der Waals surface area (Å²) < 4.78 is 7.20. The molecule has 2 aromatic rings. The summed E-state index contributed by atoms with van der Waals surface area (Å²) in [5.74, 6) is 1.56. The van der Waals surface area contributed by atoms with E-state index in [2.05, 4.69) is 10.3 Å². The molecular weight excluding hydrogens is 256 g/mol. The van der Waals surface area contributed by atoms with Crippen LogP contribution in [0.1, 0.15) is 28.0 Å². The zero-order chi connectivity index (χ0) is 14.1. The first-order valence-electron chi connectivity index (χ1n) is 6.71. The van der Waals surface area contributed by atoms with Gasteiger partial charge in [-0.1, -0.05) is 0 Å². The maximum atomic E-state index is 12.7. The Kier molecular flexibility index (Phi) is 3.31. The second-order valence-corrected chi connectivity index (χ2v) is 5.01. The molecule has 0 saturated carbocycles. The predicted molar refractivity (Wildman–Crippen MR) is 73.3 cm³/mol. The van der Waals surface area contributed by atoms with Gasteiger partial charge >= 0.3 is 0 Å². The van der Waals surface area contributed by atoms with Gasteiger partial charge in [-0.25, -0.2) is 4.98 Å². The Hall–Kier alpha value is -2.08. The highest BCUT2D eigenvalue weighted by molar-refractivity contribution is 5.95. The van der Waals surface area contributed by atoms with Crippen LogP contribution in [0.5, 0.6) is 0 Å².